The van der Waals surface area contributed by atoms with E-state index >= 15 is 0 Å². The Labute approximate surface area is 94.3 Å². The number of ketones is 1. The summed E-state index contributed by atoms with van der Waals surface area (Å²) < 4.78 is 26.1. The van der Waals surface area contributed by atoms with Crippen LogP contribution in [0.4, 0.5) is 0 Å². The minimum Gasteiger partial charge on any atom is -0.469 e. The standard InChI is InChI=1S/C10H15O5P/c1-13-16(12,14-2)8-9(11)5-6-10-4-3-7-15-10/h3-4,7H,5-6,8H2,1-2H3. The third kappa shape index (κ3) is 3.93. The van der Waals surface area contributed by atoms with E-state index in [-0.39, 0.29) is 18.4 Å². The van der Waals surface area contributed by atoms with Gasteiger partial charge in [0.15, 0.2) is 0 Å². The van der Waals surface area contributed by atoms with Crippen LogP contribution in [0.5, 0.6) is 0 Å². The van der Waals surface area contributed by atoms with Gasteiger partial charge < -0.3 is 13.5 Å². The molecule has 0 atom stereocenters. The zero-order valence-electron chi connectivity index (χ0n) is 9.34. The van der Waals surface area contributed by atoms with E-state index in [0.29, 0.717) is 6.42 Å². The van der Waals surface area contributed by atoms with Crippen LogP contribution in [0, 0.1) is 0 Å². The highest BCUT2D eigenvalue weighted by Crippen LogP contribution is 2.46. The number of carbonyl (C=O) groups excluding carboxylic acids is 1. The van der Waals surface area contributed by atoms with Gasteiger partial charge >= 0.3 is 7.60 Å². The molecular formula is C10H15O5P. The average molecular weight is 246 g/mol. The maximum atomic E-state index is 11.6. The highest BCUT2D eigenvalue weighted by molar-refractivity contribution is 7.54. The van der Waals surface area contributed by atoms with Crippen LogP contribution >= 0.6 is 7.60 Å². The molecule has 0 fully saturated rings. The lowest BCUT2D eigenvalue weighted by Gasteiger charge is -2.11. The Morgan fingerprint density at radius 3 is 2.62 bits per heavy atom. The first-order valence-electron chi connectivity index (χ1n) is 4.84. The van der Waals surface area contributed by atoms with Gasteiger partial charge in [0.1, 0.15) is 17.7 Å². The second-order valence-corrected chi connectivity index (χ2v) is 5.52. The van der Waals surface area contributed by atoms with Crippen LogP contribution in [-0.2, 0) is 24.8 Å². The topological polar surface area (TPSA) is 65.7 Å². The molecule has 1 aromatic rings. The van der Waals surface area contributed by atoms with Crippen LogP contribution in [0.15, 0.2) is 22.8 Å². The van der Waals surface area contributed by atoms with Crippen molar-refractivity contribution in [2.24, 2.45) is 0 Å². The Morgan fingerprint density at radius 1 is 1.44 bits per heavy atom. The molecule has 1 heterocycles. The van der Waals surface area contributed by atoms with Gasteiger partial charge in [-0.3, -0.25) is 9.36 Å². The molecule has 90 valence electrons. The Morgan fingerprint density at radius 2 is 2.12 bits per heavy atom. The summed E-state index contributed by atoms with van der Waals surface area (Å²) in [7, 11) is -0.688. The van der Waals surface area contributed by atoms with E-state index in [9.17, 15) is 9.36 Å². The summed E-state index contributed by atoms with van der Waals surface area (Å²) in [6, 6.07) is 3.55. The summed E-state index contributed by atoms with van der Waals surface area (Å²) >= 11 is 0. The molecule has 0 aliphatic carbocycles. The van der Waals surface area contributed by atoms with Crippen molar-refractivity contribution >= 4 is 13.4 Å². The molecule has 0 aliphatic heterocycles. The molecule has 0 saturated heterocycles. The lowest BCUT2D eigenvalue weighted by molar-refractivity contribution is -0.116. The zero-order chi connectivity index (χ0) is 12.0. The lowest BCUT2D eigenvalue weighted by Crippen LogP contribution is -2.08. The van der Waals surface area contributed by atoms with E-state index in [2.05, 4.69) is 9.05 Å². The van der Waals surface area contributed by atoms with Gasteiger partial charge in [0, 0.05) is 27.1 Å². The summed E-state index contributed by atoms with van der Waals surface area (Å²) in [6.45, 7) is 0. The smallest absolute Gasteiger partial charge is 0.337 e. The second kappa shape index (κ2) is 5.99. The minimum atomic E-state index is -3.22. The van der Waals surface area contributed by atoms with Crippen LogP contribution in [0.3, 0.4) is 0 Å². The summed E-state index contributed by atoms with van der Waals surface area (Å²) in [5, 5.41) is 0. The Kier molecular flexibility index (Phi) is 4.93. The summed E-state index contributed by atoms with van der Waals surface area (Å²) in [4.78, 5) is 11.5. The van der Waals surface area contributed by atoms with Crippen molar-refractivity contribution in [3.63, 3.8) is 0 Å². The third-order valence-electron chi connectivity index (χ3n) is 2.16. The largest absolute Gasteiger partial charge is 0.469 e. The van der Waals surface area contributed by atoms with E-state index in [0.717, 1.165) is 5.76 Å². The molecule has 0 radical (unpaired) electrons. The van der Waals surface area contributed by atoms with Crippen molar-refractivity contribution in [3.8, 4) is 0 Å². The highest BCUT2D eigenvalue weighted by atomic mass is 31.2. The second-order valence-electron chi connectivity index (χ2n) is 3.25. The quantitative estimate of drug-likeness (QED) is 0.690. The van der Waals surface area contributed by atoms with Crippen LogP contribution in [0.1, 0.15) is 12.2 Å². The van der Waals surface area contributed by atoms with Crippen molar-refractivity contribution in [1.29, 1.82) is 0 Å². The maximum absolute atomic E-state index is 11.6. The number of Topliss-reactive ketones (excluding diaryl/α,β-unsaturated/α-hetero) is 1. The number of hydrogen-bond acceptors (Lipinski definition) is 5. The number of rotatable bonds is 7. The molecule has 0 bridgehead atoms. The van der Waals surface area contributed by atoms with Crippen molar-refractivity contribution in [2.45, 2.75) is 12.8 Å². The molecule has 0 aliphatic rings. The molecule has 1 rings (SSSR count). The first-order chi connectivity index (χ1) is 7.59. The van der Waals surface area contributed by atoms with Gasteiger partial charge in [-0.05, 0) is 12.1 Å². The van der Waals surface area contributed by atoms with Gasteiger partial charge in [-0.1, -0.05) is 0 Å². The van der Waals surface area contributed by atoms with Crippen LogP contribution < -0.4 is 0 Å². The van der Waals surface area contributed by atoms with Crippen molar-refractivity contribution in [1.82, 2.24) is 0 Å². The SMILES string of the molecule is COP(=O)(CC(=O)CCc1ccco1)OC. The molecule has 16 heavy (non-hydrogen) atoms. The summed E-state index contributed by atoms with van der Waals surface area (Å²) in [5.41, 5.74) is 0. The van der Waals surface area contributed by atoms with Gasteiger partial charge in [0.05, 0.1) is 6.26 Å². The fourth-order valence-corrected chi connectivity index (χ4v) is 2.21. The predicted molar refractivity (Wildman–Crippen MR) is 58.5 cm³/mol. The normalized spacial score (nSPS) is 11.6. The number of aryl methyl sites for hydroxylation is 1. The molecule has 0 unspecified atom stereocenters. The van der Waals surface area contributed by atoms with Gasteiger partial charge in [0.25, 0.3) is 0 Å². The Balaban J connectivity index is 2.39. The first kappa shape index (κ1) is 13.2. The summed E-state index contributed by atoms with van der Waals surface area (Å²) in [5.74, 6) is 0.571. The third-order valence-corrected chi connectivity index (χ3v) is 4.01. The van der Waals surface area contributed by atoms with Crippen LogP contribution in [0.2, 0.25) is 0 Å². The Hall–Kier alpha value is -0.900. The van der Waals surface area contributed by atoms with Gasteiger partial charge in [0.2, 0.25) is 0 Å². The maximum Gasteiger partial charge on any atom is 0.337 e. The molecular weight excluding hydrogens is 231 g/mol. The number of furan rings is 1. The number of hydrogen-bond donors (Lipinski definition) is 0. The fourth-order valence-electron chi connectivity index (χ4n) is 1.22. The fraction of sp³-hybridized carbons (Fsp3) is 0.500. The van der Waals surface area contributed by atoms with Gasteiger partial charge in [-0.15, -0.1) is 0 Å². The molecule has 0 amide bonds. The monoisotopic (exact) mass is 246 g/mol. The van der Waals surface area contributed by atoms with Crippen LogP contribution in [-0.4, -0.2) is 26.2 Å². The number of carbonyl (C=O) groups is 1. The highest BCUT2D eigenvalue weighted by Gasteiger charge is 2.25. The molecule has 1 aromatic heterocycles. The predicted octanol–water partition coefficient (Wildman–Crippen LogP) is 2.27. The van der Waals surface area contributed by atoms with E-state index in [4.69, 9.17) is 4.42 Å². The zero-order valence-corrected chi connectivity index (χ0v) is 10.2. The molecule has 0 N–H and O–H groups in total. The van der Waals surface area contributed by atoms with E-state index in [1.807, 2.05) is 0 Å². The molecule has 5 nitrogen and oxygen atoms in total. The molecule has 6 heteroatoms. The van der Waals surface area contributed by atoms with E-state index in [1.54, 1.807) is 18.4 Å². The minimum absolute atomic E-state index is 0.163. The van der Waals surface area contributed by atoms with Crippen molar-refractivity contribution in [3.05, 3.63) is 24.2 Å². The van der Waals surface area contributed by atoms with Gasteiger partial charge in [-0.25, -0.2) is 0 Å². The average Bonchev–Trinajstić information content (AvgIpc) is 2.79. The molecule has 0 saturated carbocycles. The summed E-state index contributed by atoms with van der Waals surface area (Å²) in [6.07, 6.45) is 2.12. The lowest BCUT2D eigenvalue weighted by atomic mass is 10.2. The first-order valence-corrected chi connectivity index (χ1v) is 6.57. The Bertz CT molecular complexity index is 363. The van der Waals surface area contributed by atoms with Crippen molar-refractivity contribution in [2.75, 3.05) is 20.4 Å². The van der Waals surface area contributed by atoms with E-state index < -0.39 is 7.60 Å². The van der Waals surface area contributed by atoms with Crippen molar-refractivity contribution < 1.29 is 22.8 Å². The van der Waals surface area contributed by atoms with E-state index in [1.165, 1.54) is 14.2 Å². The van der Waals surface area contributed by atoms with Crippen LogP contribution in [0.25, 0.3) is 0 Å². The molecule has 0 aromatic carbocycles. The molecule has 0 spiro atoms. The van der Waals surface area contributed by atoms with Gasteiger partial charge in [-0.2, -0.15) is 0 Å².